The summed E-state index contributed by atoms with van der Waals surface area (Å²) in [6, 6.07) is 11.5. The van der Waals surface area contributed by atoms with Gasteiger partial charge < -0.3 is 25.2 Å². The molecule has 0 spiro atoms. The normalized spacial score (nSPS) is 21.5. The summed E-state index contributed by atoms with van der Waals surface area (Å²) in [7, 11) is 3.51. The lowest BCUT2D eigenvalue weighted by molar-refractivity contribution is 0.414. The highest BCUT2D eigenvalue weighted by Crippen LogP contribution is 2.31. The molecule has 7 nitrogen and oxygen atoms in total. The molecule has 2 saturated heterocycles. The molecule has 0 bridgehead atoms. The maximum absolute atomic E-state index is 14.0. The fraction of sp³-hybridized carbons (Fsp3) is 0.478. The van der Waals surface area contributed by atoms with E-state index in [0.29, 0.717) is 18.3 Å². The average molecular weight is 427 g/mol. The van der Waals surface area contributed by atoms with Crippen molar-refractivity contribution in [1.29, 1.82) is 0 Å². The van der Waals surface area contributed by atoms with Crippen molar-refractivity contribution in [2.24, 2.45) is 10.9 Å². The highest BCUT2D eigenvalue weighted by Gasteiger charge is 2.27. The van der Waals surface area contributed by atoms with Crippen molar-refractivity contribution >= 4 is 17.5 Å². The highest BCUT2D eigenvalue weighted by molar-refractivity contribution is 5.80. The van der Waals surface area contributed by atoms with Gasteiger partial charge in [0.2, 0.25) is 0 Å². The standard InChI is InChI=1S/C23H31FN6O/c1-25-23(28-18-10-13-30(16-18)22-19(24)6-5-11-26-22)27-14-17-9-12-29(15-17)20-7-3-4-8-21(20)31-2/h3-8,11,17-18H,9-10,12-16H2,1-2H3,(H2,25,27,28). The van der Waals surface area contributed by atoms with Crippen molar-refractivity contribution in [1.82, 2.24) is 15.6 Å². The molecule has 2 fully saturated rings. The molecule has 0 radical (unpaired) electrons. The second kappa shape index (κ2) is 9.85. The van der Waals surface area contributed by atoms with E-state index in [4.69, 9.17) is 4.74 Å². The van der Waals surface area contributed by atoms with Gasteiger partial charge in [-0.25, -0.2) is 9.37 Å². The van der Waals surface area contributed by atoms with E-state index in [-0.39, 0.29) is 11.9 Å². The van der Waals surface area contributed by atoms with Crippen molar-refractivity contribution < 1.29 is 9.13 Å². The predicted octanol–water partition coefficient (Wildman–Crippen LogP) is 2.50. The van der Waals surface area contributed by atoms with Crippen LogP contribution in [0.25, 0.3) is 0 Å². The van der Waals surface area contributed by atoms with Gasteiger partial charge in [0.25, 0.3) is 0 Å². The SMILES string of the molecule is CN=C(NCC1CCN(c2ccccc2OC)C1)NC1CCN(c2ncccc2F)C1. The number of hydrogen-bond donors (Lipinski definition) is 2. The van der Waals surface area contributed by atoms with Crippen LogP contribution in [0.4, 0.5) is 15.9 Å². The Kier molecular flexibility index (Phi) is 6.74. The molecule has 3 heterocycles. The van der Waals surface area contributed by atoms with Crippen LogP contribution in [0.3, 0.4) is 0 Å². The summed E-state index contributed by atoms with van der Waals surface area (Å²) in [4.78, 5) is 13.0. The van der Waals surface area contributed by atoms with E-state index in [0.717, 1.165) is 56.4 Å². The number of methoxy groups -OCH3 is 1. The van der Waals surface area contributed by atoms with Crippen LogP contribution in [-0.4, -0.2) is 63.9 Å². The lowest BCUT2D eigenvalue weighted by Crippen LogP contribution is -2.46. The molecule has 2 aliphatic rings. The molecule has 4 rings (SSSR count). The second-order valence-electron chi connectivity index (χ2n) is 8.11. The molecule has 2 aromatic rings. The van der Waals surface area contributed by atoms with Crippen LogP contribution in [0.5, 0.6) is 5.75 Å². The summed E-state index contributed by atoms with van der Waals surface area (Å²) in [5.74, 6) is 2.41. The number of nitrogens with one attached hydrogen (secondary N) is 2. The van der Waals surface area contributed by atoms with E-state index in [1.807, 2.05) is 17.0 Å². The van der Waals surface area contributed by atoms with Crippen LogP contribution in [0.15, 0.2) is 47.6 Å². The Labute approximate surface area is 183 Å². The fourth-order valence-corrected chi connectivity index (χ4v) is 4.42. The number of para-hydroxylation sites is 2. The van der Waals surface area contributed by atoms with Crippen LogP contribution < -0.4 is 25.2 Å². The summed E-state index contributed by atoms with van der Waals surface area (Å²) in [5, 5.41) is 6.96. The number of pyridine rings is 1. The largest absolute Gasteiger partial charge is 0.495 e. The predicted molar refractivity (Wildman–Crippen MR) is 123 cm³/mol. The zero-order valence-corrected chi connectivity index (χ0v) is 18.2. The lowest BCUT2D eigenvalue weighted by Gasteiger charge is -2.22. The quantitative estimate of drug-likeness (QED) is 0.547. The Balaban J connectivity index is 1.26. The molecule has 8 heteroatoms. The summed E-state index contributed by atoms with van der Waals surface area (Å²) in [5.41, 5.74) is 1.16. The first-order chi connectivity index (χ1) is 15.2. The zero-order valence-electron chi connectivity index (χ0n) is 18.2. The van der Waals surface area contributed by atoms with Crippen LogP contribution in [0.2, 0.25) is 0 Å². The van der Waals surface area contributed by atoms with Crippen molar-refractivity contribution in [2.75, 3.05) is 56.7 Å². The van der Waals surface area contributed by atoms with Crippen molar-refractivity contribution in [3.8, 4) is 5.75 Å². The maximum Gasteiger partial charge on any atom is 0.191 e. The van der Waals surface area contributed by atoms with E-state index < -0.39 is 0 Å². The third-order valence-electron chi connectivity index (χ3n) is 6.06. The molecule has 2 N–H and O–H groups in total. The first-order valence-corrected chi connectivity index (χ1v) is 10.9. The summed E-state index contributed by atoms with van der Waals surface area (Å²) in [6.45, 7) is 4.35. The third-order valence-corrected chi connectivity index (χ3v) is 6.06. The number of guanidine groups is 1. The van der Waals surface area contributed by atoms with Crippen LogP contribution in [0, 0.1) is 11.7 Å². The monoisotopic (exact) mass is 426 g/mol. The van der Waals surface area contributed by atoms with Gasteiger partial charge in [0.05, 0.1) is 12.8 Å². The van der Waals surface area contributed by atoms with E-state index >= 15 is 0 Å². The summed E-state index contributed by atoms with van der Waals surface area (Å²) >= 11 is 0. The number of aliphatic imine (C=N–C) groups is 1. The number of nitrogens with zero attached hydrogens (tertiary/aromatic N) is 4. The van der Waals surface area contributed by atoms with Crippen molar-refractivity contribution in [3.63, 3.8) is 0 Å². The van der Waals surface area contributed by atoms with Gasteiger partial charge in [-0.2, -0.15) is 0 Å². The number of anilines is 2. The van der Waals surface area contributed by atoms with Gasteiger partial charge in [0, 0.05) is 52.0 Å². The number of aromatic nitrogens is 1. The first-order valence-electron chi connectivity index (χ1n) is 10.9. The smallest absolute Gasteiger partial charge is 0.191 e. The Bertz CT molecular complexity index is 907. The minimum absolute atomic E-state index is 0.210. The molecule has 2 atom stereocenters. The molecule has 2 unspecified atom stereocenters. The minimum Gasteiger partial charge on any atom is -0.495 e. The number of rotatable bonds is 6. The molecule has 2 aliphatic heterocycles. The maximum atomic E-state index is 14.0. The molecule has 0 aliphatic carbocycles. The van der Waals surface area contributed by atoms with Crippen molar-refractivity contribution in [2.45, 2.75) is 18.9 Å². The van der Waals surface area contributed by atoms with Crippen LogP contribution in [-0.2, 0) is 0 Å². The highest BCUT2D eigenvalue weighted by atomic mass is 19.1. The van der Waals surface area contributed by atoms with E-state index in [2.05, 4.69) is 37.6 Å². The number of benzene rings is 1. The zero-order chi connectivity index (χ0) is 21.6. The molecular formula is C23H31FN6O. The molecule has 0 amide bonds. The van der Waals surface area contributed by atoms with Gasteiger partial charge in [-0.05, 0) is 43.0 Å². The lowest BCUT2D eigenvalue weighted by atomic mass is 10.1. The summed E-state index contributed by atoms with van der Waals surface area (Å²) < 4.78 is 19.5. The van der Waals surface area contributed by atoms with Gasteiger partial charge in [-0.15, -0.1) is 0 Å². The topological polar surface area (TPSA) is 65.0 Å². The fourth-order valence-electron chi connectivity index (χ4n) is 4.42. The Morgan fingerprint density at radius 1 is 1.16 bits per heavy atom. The second-order valence-corrected chi connectivity index (χ2v) is 8.11. The molecule has 0 saturated carbocycles. The van der Waals surface area contributed by atoms with Crippen LogP contribution >= 0.6 is 0 Å². The first kappa shape index (κ1) is 21.2. The number of halogens is 1. The van der Waals surface area contributed by atoms with Gasteiger partial charge >= 0.3 is 0 Å². The number of hydrogen-bond acceptors (Lipinski definition) is 5. The van der Waals surface area contributed by atoms with Gasteiger partial charge in [-0.3, -0.25) is 4.99 Å². The van der Waals surface area contributed by atoms with E-state index in [1.165, 1.54) is 6.07 Å². The Hall–Kier alpha value is -3.03. The molecule has 1 aromatic carbocycles. The number of ether oxygens (including phenoxy) is 1. The molecule has 166 valence electrons. The molecule has 1 aromatic heterocycles. The van der Waals surface area contributed by atoms with Gasteiger partial charge in [0.1, 0.15) is 5.75 Å². The average Bonchev–Trinajstić information content (AvgIpc) is 3.46. The van der Waals surface area contributed by atoms with Gasteiger partial charge in [-0.1, -0.05) is 12.1 Å². The van der Waals surface area contributed by atoms with Crippen molar-refractivity contribution in [3.05, 3.63) is 48.4 Å². The Morgan fingerprint density at radius 3 is 2.81 bits per heavy atom. The summed E-state index contributed by atoms with van der Waals surface area (Å²) in [6.07, 6.45) is 3.68. The minimum atomic E-state index is -0.272. The van der Waals surface area contributed by atoms with E-state index in [9.17, 15) is 4.39 Å². The van der Waals surface area contributed by atoms with E-state index in [1.54, 1.807) is 26.4 Å². The van der Waals surface area contributed by atoms with Crippen LogP contribution in [0.1, 0.15) is 12.8 Å². The Morgan fingerprint density at radius 2 is 2.00 bits per heavy atom. The molecular weight excluding hydrogens is 395 g/mol. The third kappa shape index (κ3) is 5.00. The van der Waals surface area contributed by atoms with Gasteiger partial charge in [0.15, 0.2) is 17.6 Å². The molecule has 31 heavy (non-hydrogen) atoms.